The summed E-state index contributed by atoms with van der Waals surface area (Å²) in [6.45, 7) is 7.04. The summed E-state index contributed by atoms with van der Waals surface area (Å²) in [5, 5.41) is 0. The highest BCUT2D eigenvalue weighted by Gasteiger charge is 2.35. The molecule has 0 N–H and O–H groups in total. The first-order chi connectivity index (χ1) is 14.2. The van der Waals surface area contributed by atoms with Crippen LogP contribution in [0, 0.1) is 0 Å². The Bertz CT molecular complexity index is 679. The van der Waals surface area contributed by atoms with Crippen molar-refractivity contribution in [2.45, 2.75) is 25.3 Å². The van der Waals surface area contributed by atoms with Crippen molar-refractivity contribution in [3.63, 3.8) is 0 Å². The fraction of sp³-hybridized carbons (Fsp3) is 0.636. The quantitative estimate of drug-likeness (QED) is 0.777. The highest BCUT2D eigenvalue weighted by atomic mass is 16.5. The van der Waals surface area contributed by atoms with Crippen molar-refractivity contribution in [1.29, 1.82) is 0 Å². The molecule has 1 aromatic rings. The number of rotatable bonds is 3. The summed E-state index contributed by atoms with van der Waals surface area (Å²) >= 11 is 0. The first-order valence-corrected chi connectivity index (χ1v) is 10.9. The summed E-state index contributed by atoms with van der Waals surface area (Å²) in [7, 11) is 0. The molecule has 3 amide bonds. The monoisotopic (exact) mass is 400 g/mol. The number of carbonyl (C=O) groups is 2. The molecule has 0 saturated carbocycles. The number of piperazine rings is 1. The zero-order chi connectivity index (χ0) is 20.1. The Morgan fingerprint density at radius 3 is 2.00 bits per heavy atom. The van der Waals surface area contributed by atoms with Crippen molar-refractivity contribution in [2.75, 3.05) is 65.6 Å². The van der Waals surface area contributed by atoms with E-state index >= 15 is 0 Å². The smallest absolute Gasteiger partial charge is 0.320 e. The SMILES string of the molecule is O=C([C@@H](c1ccccc1)N1CCN(C(=O)N2CCOCC2)CC1)N1CCCCC1. The van der Waals surface area contributed by atoms with Crippen molar-refractivity contribution in [3.05, 3.63) is 35.9 Å². The van der Waals surface area contributed by atoms with Crippen LogP contribution in [0.25, 0.3) is 0 Å². The number of hydrogen-bond acceptors (Lipinski definition) is 4. The molecular formula is C22H32N4O3. The van der Waals surface area contributed by atoms with Gasteiger partial charge >= 0.3 is 6.03 Å². The predicted molar refractivity (Wildman–Crippen MR) is 111 cm³/mol. The summed E-state index contributed by atoms with van der Waals surface area (Å²) in [6.07, 6.45) is 3.40. The Labute approximate surface area is 173 Å². The zero-order valence-corrected chi connectivity index (χ0v) is 17.2. The van der Waals surface area contributed by atoms with Crippen molar-refractivity contribution in [2.24, 2.45) is 0 Å². The minimum Gasteiger partial charge on any atom is -0.378 e. The molecule has 3 saturated heterocycles. The fourth-order valence-corrected chi connectivity index (χ4v) is 4.56. The lowest BCUT2D eigenvalue weighted by molar-refractivity contribution is -0.139. The number of morpholine rings is 1. The highest BCUT2D eigenvalue weighted by molar-refractivity contribution is 5.83. The Balaban J connectivity index is 1.43. The van der Waals surface area contributed by atoms with E-state index in [1.807, 2.05) is 32.9 Å². The standard InChI is InChI=1S/C22H32N4O3/c27-21(24-9-5-2-6-10-24)20(19-7-3-1-4-8-19)23-11-13-25(14-12-23)22(28)26-15-17-29-18-16-26/h1,3-4,7-8,20H,2,5-6,9-18H2/t20-/m1/s1. The van der Waals surface area contributed by atoms with Gasteiger partial charge in [0.1, 0.15) is 6.04 Å². The molecule has 3 aliphatic rings. The molecule has 4 rings (SSSR count). The highest BCUT2D eigenvalue weighted by Crippen LogP contribution is 2.26. The summed E-state index contributed by atoms with van der Waals surface area (Å²) in [4.78, 5) is 34.3. The molecule has 7 nitrogen and oxygen atoms in total. The Morgan fingerprint density at radius 2 is 1.34 bits per heavy atom. The average Bonchev–Trinajstić information content (AvgIpc) is 2.81. The van der Waals surface area contributed by atoms with Gasteiger partial charge in [-0.05, 0) is 24.8 Å². The van der Waals surface area contributed by atoms with Gasteiger partial charge in [0.15, 0.2) is 0 Å². The van der Waals surface area contributed by atoms with Gasteiger partial charge < -0.3 is 19.4 Å². The Morgan fingerprint density at radius 1 is 0.724 bits per heavy atom. The number of likely N-dealkylation sites (tertiary alicyclic amines) is 1. The van der Waals surface area contributed by atoms with Crippen LogP contribution in [0.15, 0.2) is 30.3 Å². The second kappa shape index (κ2) is 9.59. The first-order valence-electron chi connectivity index (χ1n) is 10.9. The van der Waals surface area contributed by atoms with Gasteiger partial charge in [-0.3, -0.25) is 9.69 Å². The van der Waals surface area contributed by atoms with E-state index in [4.69, 9.17) is 4.74 Å². The number of piperidine rings is 1. The maximum atomic E-state index is 13.4. The van der Waals surface area contributed by atoms with Gasteiger partial charge in [-0.1, -0.05) is 30.3 Å². The minimum absolute atomic E-state index is 0.103. The van der Waals surface area contributed by atoms with Gasteiger partial charge in [-0.15, -0.1) is 0 Å². The first kappa shape index (κ1) is 20.2. The maximum absolute atomic E-state index is 13.4. The van der Waals surface area contributed by atoms with Crippen LogP contribution in [0.5, 0.6) is 0 Å². The van der Waals surface area contributed by atoms with Crippen LogP contribution in [0.4, 0.5) is 4.79 Å². The number of ether oxygens (including phenoxy) is 1. The molecule has 3 fully saturated rings. The van der Waals surface area contributed by atoms with Crippen molar-refractivity contribution in [1.82, 2.24) is 19.6 Å². The molecule has 0 aliphatic carbocycles. The van der Waals surface area contributed by atoms with Crippen LogP contribution in [-0.4, -0.2) is 97.1 Å². The minimum atomic E-state index is -0.255. The molecule has 3 aliphatic heterocycles. The summed E-state index contributed by atoms with van der Waals surface area (Å²) in [6, 6.07) is 9.95. The van der Waals surface area contributed by atoms with E-state index in [2.05, 4.69) is 17.0 Å². The molecule has 1 aromatic carbocycles. The van der Waals surface area contributed by atoms with Crippen molar-refractivity contribution >= 4 is 11.9 Å². The number of carbonyl (C=O) groups excluding carboxylic acids is 2. The topological polar surface area (TPSA) is 56.3 Å². The van der Waals surface area contributed by atoms with Crippen LogP contribution < -0.4 is 0 Å². The lowest BCUT2D eigenvalue weighted by Gasteiger charge is -2.42. The third-order valence-corrected chi connectivity index (χ3v) is 6.25. The van der Waals surface area contributed by atoms with Crippen molar-refractivity contribution in [3.8, 4) is 0 Å². The van der Waals surface area contributed by atoms with Crippen molar-refractivity contribution < 1.29 is 14.3 Å². The molecule has 0 spiro atoms. The van der Waals surface area contributed by atoms with Gasteiger partial charge in [-0.2, -0.15) is 0 Å². The van der Waals surface area contributed by atoms with Crippen LogP contribution in [0.2, 0.25) is 0 Å². The Kier molecular flexibility index (Phi) is 6.67. The number of benzene rings is 1. The second-order valence-corrected chi connectivity index (χ2v) is 8.10. The fourth-order valence-electron chi connectivity index (χ4n) is 4.56. The number of hydrogen-bond donors (Lipinski definition) is 0. The lowest BCUT2D eigenvalue weighted by atomic mass is 10.0. The molecule has 0 aromatic heterocycles. The number of nitrogens with zero attached hydrogens (tertiary/aromatic N) is 4. The Hall–Kier alpha value is -2.12. The molecule has 0 radical (unpaired) electrons. The van der Waals surface area contributed by atoms with E-state index in [9.17, 15) is 9.59 Å². The normalized spacial score (nSPS) is 22.4. The third-order valence-electron chi connectivity index (χ3n) is 6.25. The van der Waals surface area contributed by atoms with Gasteiger partial charge in [0.2, 0.25) is 5.91 Å². The summed E-state index contributed by atoms with van der Waals surface area (Å²) < 4.78 is 5.36. The average molecular weight is 401 g/mol. The number of urea groups is 1. The molecule has 3 heterocycles. The van der Waals surface area contributed by atoms with E-state index < -0.39 is 0 Å². The summed E-state index contributed by atoms with van der Waals surface area (Å²) in [5.74, 6) is 0.212. The zero-order valence-electron chi connectivity index (χ0n) is 17.2. The molecule has 1 atom stereocenters. The van der Waals surface area contributed by atoms with Crippen LogP contribution >= 0.6 is 0 Å². The van der Waals surface area contributed by atoms with Gasteiger partial charge in [-0.25, -0.2) is 4.79 Å². The maximum Gasteiger partial charge on any atom is 0.320 e. The molecule has 29 heavy (non-hydrogen) atoms. The molecule has 158 valence electrons. The van der Waals surface area contributed by atoms with Gasteiger partial charge in [0.25, 0.3) is 0 Å². The van der Waals surface area contributed by atoms with Gasteiger partial charge in [0.05, 0.1) is 13.2 Å². The molecule has 7 heteroatoms. The molecule has 0 unspecified atom stereocenters. The van der Waals surface area contributed by atoms with E-state index in [1.54, 1.807) is 0 Å². The summed E-state index contributed by atoms with van der Waals surface area (Å²) in [5.41, 5.74) is 1.05. The number of amides is 3. The third kappa shape index (κ3) is 4.73. The van der Waals surface area contributed by atoms with Crippen LogP contribution in [-0.2, 0) is 9.53 Å². The van der Waals surface area contributed by atoms with Crippen LogP contribution in [0.1, 0.15) is 30.9 Å². The van der Waals surface area contributed by atoms with E-state index in [1.165, 1.54) is 6.42 Å². The molecular weight excluding hydrogens is 368 g/mol. The second-order valence-electron chi connectivity index (χ2n) is 8.10. The lowest BCUT2D eigenvalue weighted by Crippen LogP contribution is -2.56. The van der Waals surface area contributed by atoms with E-state index in [-0.39, 0.29) is 18.0 Å². The van der Waals surface area contributed by atoms with E-state index in [0.29, 0.717) is 39.4 Å². The van der Waals surface area contributed by atoms with Gasteiger partial charge in [0, 0.05) is 52.4 Å². The molecule has 0 bridgehead atoms. The van der Waals surface area contributed by atoms with E-state index in [0.717, 1.165) is 44.6 Å². The predicted octanol–water partition coefficient (Wildman–Crippen LogP) is 1.81. The largest absolute Gasteiger partial charge is 0.378 e. The van der Waals surface area contributed by atoms with Crippen LogP contribution in [0.3, 0.4) is 0 Å².